The summed E-state index contributed by atoms with van der Waals surface area (Å²) in [7, 11) is 4.56. The highest BCUT2D eigenvalue weighted by Crippen LogP contribution is 2.39. The Balaban J connectivity index is 1.90. The van der Waals surface area contributed by atoms with Crippen molar-refractivity contribution in [1.29, 1.82) is 0 Å². The largest absolute Gasteiger partial charge is 0.493 e. The third kappa shape index (κ3) is 6.09. The van der Waals surface area contributed by atoms with Gasteiger partial charge in [-0.05, 0) is 43.9 Å². The van der Waals surface area contributed by atoms with Gasteiger partial charge in [0.2, 0.25) is 11.8 Å². The minimum Gasteiger partial charge on any atom is -0.493 e. The number of nitrogens with zero attached hydrogens (tertiary/aromatic N) is 1. The van der Waals surface area contributed by atoms with E-state index in [4.69, 9.17) is 23.7 Å². The first-order valence-corrected chi connectivity index (χ1v) is 11.3. The molecule has 1 aliphatic rings. The number of carbonyl (C=O) groups excluding carboxylic acids is 2. The second-order valence-corrected chi connectivity index (χ2v) is 8.01. The Morgan fingerprint density at radius 2 is 1.71 bits per heavy atom. The zero-order valence-corrected chi connectivity index (χ0v) is 20.3. The van der Waals surface area contributed by atoms with Gasteiger partial charge in [0, 0.05) is 31.0 Å². The molecule has 1 fully saturated rings. The molecular weight excluding hydrogens is 440 g/mol. The summed E-state index contributed by atoms with van der Waals surface area (Å²) in [6.07, 6.45) is 1.64. The topological polar surface area (TPSA) is 105 Å². The minimum atomic E-state index is -0.313. The molecule has 0 aliphatic heterocycles. The fourth-order valence-electron chi connectivity index (χ4n) is 4.28. The summed E-state index contributed by atoms with van der Waals surface area (Å²) in [5, 5.41) is 3.15. The van der Waals surface area contributed by atoms with Gasteiger partial charge in [-0.15, -0.1) is 0 Å². The van der Waals surface area contributed by atoms with E-state index in [1.807, 2.05) is 25.1 Å². The third-order valence-corrected chi connectivity index (χ3v) is 5.83. The van der Waals surface area contributed by atoms with Crippen LogP contribution in [0, 0.1) is 0 Å². The number of carbonyl (C=O) groups is 2. The molecule has 1 heterocycles. The molecule has 3 rings (SSSR count). The Hall–Kier alpha value is -3.49. The van der Waals surface area contributed by atoms with Crippen LogP contribution in [0.2, 0.25) is 0 Å². The number of esters is 1. The summed E-state index contributed by atoms with van der Waals surface area (Å²) in [5.41, 5.74) is 1.35. The molecule has 2 aromatic rings. The summed E-state index contributed by atoms with van der Waals surface area (Å²) in [5.74, 6) is 1.16. The standard InChI is InChI=1S/C25H32N2O7/c1-6-33-22-11-16(7-10-21(22)30-3)19-14-18(34-15(2)28)8-9-20(19)26-25(29)17-12-23(31-4)27-24(13-17)32-5/h7,10-13,18-20H,6,8-9,14H2,1-5H3,(H,26,29). The second-order valence-electron chi connectivity index (χ2n) is 8.01. The molecule has 1 aromatic carbocycles. The molecule has 3 unspecified atom stereocenters. The first kappa shape index (κ1) is 25.1. The van der Waals surface area contributed by atoms with Gasteiger partial charge in [0.1, 0.15) is 6.10 Å². The number of hydrogen-bond acceptors (Lipinski definition) is 8. The Kier molecular flexibility index (Phi) is 8.56. The summed E-state index contributed by atoms with van der Waals surface area (Å²) >= 11 is 0. The molecule has 9 heteroatoms. The lowest BCUT2D eigenvalue weighted by Crippen LogP contribution is -2.44. The molecule has 1 aliphatic carbocycles. The van der Waals surface area contributed by atoms with E-state index in [2.05, 4.69) is 10.3 Å². The lowest BCUT2D eigenvalue weighted by molar-refractivity contribution is -0.148. The highest BCUT2D eigenvalue weighted by atomic mass is 16.5. The van der Waals surface area contributed by atoms with E-state index >= 15 is 0 Å². The number of nitrogens with one attached hydrogen (secondary N) is 1. The molecule has 1 amide bonds. The minimum absolute atomic E-state index is 0.0993. The zero-order chi connectivity index (χ0) is 24.7. The van der Waals surface area contributed by atoms with E-state index in [0.717, 1.165) is 5.56 Å². The van der Waals surface area contributed by atoms with Crippen molar-refractivity contribution >= 4 is 11.9 Å². The molecule has 3 atom stereocenters. The van der Waals surface area contributed by atoms with Crippen molar-refractivity contribution in [3.05, 3.63) is 41.5 Å². The number of pyridine rings is 1. The summed E-state index contributed by atoms with van der Waals surface area (Å²) in [4.78, 5) is 28.9. The van der Waals surface area contributed by atoms with Crippen LogP contribution in [0.5, 0.6) is 23.3 Å². The van der Waals surface area contributed by atoms with Crippen LogP contribution in [-0.4, -0.2) is 56.9 Å². The van der Waals surface area contributed by atoms with Gasteiger partial charge in [-0.3, -0.25) is 9.59 Å². The highest BCUT2D eigenvalue weighted by molar-refractivity contribution is 5.95. The fourth-order valence-corrected chi connectivity index (χ4v) is 4.28. The molecule has 1 aromatic heterocycles. The normalized spacial score (nSPS) is 19.6. The SMILES string of the molecule is CCOc1cc(C2CC(OC(C)=O)CCC2NC(=O)c2cc(OC)nc(OC)c2)ccc1OC. The molecule has 184 valence electrons. The highest BCUT2D eigenvalue weighted by Gasteiger charge is 2.35. The number of hydrogen-bond donors (Lipinski definition) is 1. The predicted octanol–water partition coefficient (Wildman–Crippen LogP) is 3.50. The average molecular weight is 473 g/mol. The van der Waals surface area contributed by atoms with Crippen LogP contribution in [0.4, 0.5) is 0 Å². The average Bonchev–Trinajstić information content (AvgIpc) is 2.84. The molecule has 9 nitrogen and oxygen atoms in total. The molecule has 34 heavy (non-hydrogen) atoms. The van der Waals surface area contributed by atoms with E-state index < -0.39 is 0 Å². The monoisotopic (exact) mass is 472 g/mol. The van der Waals surface area contributed by atoms with E-state index in [0.29, 0.717) is 42.9 Å². The number of amides is 1. The Morgan fingerprint density at radius 1 is 1.00 bits per heavy atom. The smallest absolute Gasteiger partial charge is 0.302 e. The van der Waals surface area contributed by atoms with E-state index in [1.54, 1.807) is 19.2 Å². The zero-order valence-electron chi connectivity index (χ0n) is 20.3. The number of rotatable bonds is 9. The van der Waals surface area contributed by atoms with Crippen molar-refractivity contribution in [3.63, 3.8) is 0 Å². The number of ether oxygens (including phenoxy) is 5. The van der Waals surface area contributed by atoms with E-state index in [9.17, 15) is 9.59 Å². The van der Waals surface area contributed by atoms with Crippen LogP contribution >= 0.6 is 0 Å². The third-order valence-electron chi connectivity index (χ3n) is 5.83. The van der Waals surface area contributed by atoms with E-state index in [1.165, 1.54) is 21.1 Å². The van der Waals surface area contributed by atoms with Crippen molar-refractivity contribution in [2.75, 3.05) is 27.9 Å². The molecule has 1 saturated carbocycles. The fraction of sp³-hybridized carbons (Fsp3) is 0.480. The van der Waals surface area contributed by atoms with Crippen LogP contribution in [0.3, 0.4) is 0 Å². The maximum atomic E-state index is 13.2. The number of methoxy groups -OCH3 is 3. The van der Waals surface area contributed by atoms with Gasteiger partial charge in [0.15, 0.2) is 11.5 Å². The molecule has 0 bridgehead atoms. The quantitative estimate of drug-likeness (QED) is 0.553. The van der Waals surface area contributed by atoms with Crippen LogP contribution in [0.15, 0.2) is 30.3 Å². The summed E-state index contributed by atoms with van der Waals surface area (Å²) < 4.78 is 27.1. The molecule has 1 N–H and O–H groups in total. The Morgan fingerprint density at radius 3 is 2.29 bits per heavy atom. The summed E-state index contributed by atoms with van der Waals surface area (Å²) in [6, 6.07) is 8.69. The maximum Gasteiger partial charge on any atom is 0.302 e. The second kappa shape index (κ2) is 11.6. The van der Waals surface area contributed by atoms with Crippen LogP contribution in [-0.2, 0) is 9.53 Å². The summed E-state index contributed by atoms with van der Waals surface area (Å²) in [6.45, 7) is 3.81. The van der Waals surface area contributed by atoms with Crippen LogP contribution < -0.4 is 24.3 Å². The first-order chi connectivity index (χ1) is 16.4. The lowest BCUT2D eigenvalue weighted by atomic mass is 9.78. The van der Waals surface area contributed by atoms with Gasteiger partial charge >= 0.3 is 5.97 Å². The Labute approximate surface area is 199 Å². The van der Waals surface area contributed by atoms with Crippen molar-refractivity contribution in [2.45, 2.75) is 51.2 Å². The first-order valence-electron chi connectivity index (χ1n) is 11.3. The van der Waals surface area contributed by atoms with Crippen molar-refractivity contribution in [3.8, 4) is 23.3 Å². The van der Waals surface area contributed by atoms with Gasteiger partial charge in [0.05, 0.1) is 33.5 Å². The number of aromatic nitrogens is 1. The maximum absolute atomic E-state index is 13.2. The van der Waals surface area contributed by atoms with Crippen molar-refractivity contribution in [2.24, 2.45) is 0 Å². The van der Waals surface area contributed by atoms with Gasteiger partial charge in [-0.1, -0.05) is 6.07 Å². The number of benzene rings is 1. The van der Waals surface area contributed by atoms with Crippen molar-refractivity contribution < 1.29 is 33.3 Å². The van der Waals surface area contributed by atoms with Gasteiger partial charge in [-0.25, -0.2) is 0 Å². The predicted molar refractivity (Wildman–Crippen MR) is 125 cm³/mol. The van der Waals surface area contributed by atoms with E-state index in [-0.39, 0.29) is 41.7 Å². The van der Waals surface area contributed by atoms with Gasteiger partial charge in [0.25, 0.3) is 5.91 Å². The molecule has 0 saturated heterocycles. The molecule has 0 spiro atoms. The van der Waals surface area contributed by atoms with Gasteiger partial charge < -0.3 is 29.0 Å². The van der Waals surface area contributed by atoms with Crippen LogP contribution in [0.25, 0.3) is 0 Å². The van der Waals surface area contributed by atoms with Gasteiger partial charge in [-0.2, -0.15) is 4.98 Å². The molecule has 0 radical (unpaired) electrons. The Bertz CT molecular complexity index is 989. The van der Waals surface area contributed by atoms with Crippen molar-refractivity contribution in [1.82, 2.24) is 10.3 Å². The molecular formula is C25H32N2O7. The van der Waals surface area contributed by atoms with Crippen LogP contribution in [0.1, 0.15) is 54.9 Å². The lowest BCUT2D eigenvalue weighted by Gasteiger charge is -2.36.